The monoisotopic (exact) mass is 1640 g/mol. The summed E-state index contributed by atoms with van der Waals surface area (Å²) in [5, 5.41) is 58.9. The summed E-state index contributed by atoms with van der Waals surface area (Å²) >= 11 is 0. The summed E-state index contributed by atoms with van der Waals surface area (Å²) in [6.07, 6.45) is 4.77. The van der Waals surface area contributed by atoms with Crippen molar-refractivity contribution >= 4 is 35.2 Å². The molecule has 3 heterocycles. The molecule has 6 amide bonds. The predicted molar refractivity (Wildman–Crippen MR) is 466 cm³/mol. The molecule has 16 bridgehead atoms. The molecule has 0 spiro atoms. The summed E-state index contributed by atoms with van der Waals surface area (Å²) in [6.45, 7) is 45.5. The van der Waals surface area contributed by atoms with Gasteiger partial charge < -0.3 is 70.3 Å². The summed E-state index contributed by atoms with van der Waals surface area (Å²) < 4.78 is 42.3. The van der Waals surface area contributed by atoms with Gasteiger partial charge in [0.15, 0.2) is 0 Å². The molecule has 0 aromatic heterocycles. The number of carbonyl (C=O) groups excluding carboxylic acids is 3. The lowest BCUT2D eigenvalue weighted by Crippen LogP contribution is -2.41. The molecule has 26 heteroatoms. The second kappa shape index (κ2) is 38.4. The summed E-state index contributed by atoms with van der Waals surface area (Å²) in [4.78, 5) is 71.4. The summed E-state index contributed by atoms with van der Waals surface area (Å²) in [5.74, 6) is 3.35. The normalized spacial score (nSPS) is 15.8. The van der Waals surface area contributed by atoms with Gasteiger partial charge in [-0.2, -0.15) is 0 Å². The topological polar surface area (TPSA) is 332 Å². The molecule has 7 aromatic rings. The number of phenolic OH excluding ortho intramolecular Hbond substituents is 1. The quantitative estimate of drug-likeness (QED) is 0.0601. The molecule has 0 saturated heterocycles. The van der Waals surface area contributed by atoms with E-state index in [0.29, 0.717) is 109 Å². The molecule has 11 rings (SSSR count). The number of aromatic hydroxyl groups is 1. The van der Waals surface area contributed by atoms with Gasteiger partial charge in [0.25, 0.3) is 11.4 Å². The van der Waals surface area contributed by atoms with Crippen molar-refractivity contribution in [2.75, 3.05) is 100 Å². The largest absolute Gasteiger partial charge is 0.497 e. The molecule has 7 aromatic carbocycles. The van der Waals surface area contributed by atoms with Crippen LogP contribution in [0.25, 0.3) is 0 Å². The van der Waals surface area contributed by atoms with E-state index >= 15 is 0 Å². The number of fused-ring (bicyclic) bond motifs is 24. The zero-order chi connectivity index (χ0) is 87.4. The number of non-ortho nitro benzene ring substituents is 1. The van der Waals surface area contributed by atoms with Crippen LogP contribution in [0.4, 0.5) is 31.4 Å². The Hall–Kier alpha value is -10.9. The van der Waals surface area contributed by atoms with Gasteiger partial charge in [0.05, 0.1) is 67.9 Å². The molecule has 1 aliphatic carbocycles. The van der Waals surface area contributed by atoms with Crippen molar-refractivity contribution in [3.05, 3.63) is 215 Å². The number of ether oxygens (including phenoxy) is 6. The van der Waals surface area contributed by atoms with Gasteiger partial charge in [0.2, 0.25) is 0 Å². The minimum atomic E-state index is -1.21. The summed E-state index contributed by atoms with van der Waals surface area (Å²) in [6, 6.07) is 27.9. The van der Waals surface area contributed by atoms with Crippen LogP contribution in [-0.4, -0.2) is 143 Å². The maximum atomic E-state index is 13.8. The number of urea groups is 3. The fourth-order valence-electron chi connectivity index (χ4n) is 15.2. The van der Waals surface area contributed by atoms with Crippen molar-refractivity contribution in [2.24, 2.45) is 0 Å². The highest BCUT2D eigenvalue weighted by Gasteiger charge is 2.34. The second-order valence-electron chi connectivity index (χ2n) is 37.5. The van der Waals surface area contributed by atoms with Gasteiger partial charge in [0, 0.05) is 58.2 Å². The highest BCUT2D eigenvalue weighted by molar-refractivity contribution is 5.75. The number of amides is 6. The van der Waals surface area contributed by atoms with Crippen LogP contribution in [0, 0.1) is 30.3 Å². The maximum absolute atomic E-state index is 13.8. The Morgan fingerprint density at radius 3 is 0.714 bits per heavy atom. The van der Waals surface area contributed by atoms with E-state index in [1.807, 2.05) is 0 Å². The molecule has 644 valence electrons. The molecule has 4 aliphatic rings. The first-order chi connectivity index (χ1) is 55.7. The minimum Gasteiger partial charge on any atom is -0.497 e. The van der Waals surface area contributed by atoms with E-state index in [0.717, 1.165) is 135 Å². The number of nitro groups is 3. The summed E-state index contributed by atoms with van der Waals surface area (Å²) in [5.41, 5.74) is 14.1. The van der Waals surface area contributed by atoms with Crippen LogP contribution in [0.15, 0.2) is 84.9 Å². The molecule has 3 aliphatic heterocycles. The number of hydrogen-bond donors (Lipinski definition) is 7. The van der Waals surface area contributed by atoms with Gasteiger partial charge in [-0.05, 0) is 172 Å². The fraction of sp³-hybridized carbons (Fsp3) is 0.516. The Labute approximate surface area is 701 Å². The first-order valence-electron chi connectivity index (χ1n) is 41.3. The van der Waals surface area contributed by atoms with Crippen LogP contribution in [0.3, 0.4) is 0 Å². The Kier molecular flexibility index (Phi) is 29.7. The molecule has 26 nitrogen and oxygen atoms in total. The number of nitrogens with zero attached hydrogens (tertiary/aromatic N) is 4. The number of nitrogens with one attached hydrogen (secondary N) is 6. The molecule has 0 saturated carbocycles. The first-order valence-corrected chi connectivity index (χ1v) is 41.3. The van der Waals surface area contributed by atoms with Crippen LogP contribution in [-0.2, 0) is 71.0 Å². The summed E-state index contributed by atoms with van der Waals surface area (Å²) in [7, 11) is 5.36. The van der Waals surface area contributed by atoms with Gasteiger partial charge in [0.1, 0.15) is 54.3 Å². The third-order valence-electron chi connectivity index (χ3n) is 21.9. The molecule has 0 atom stereocenters. The molecular weight excluding hydrogens is 1510 g/mol. The lowest BCUT2D eigenvalue weighted by Gasteiger charge is -2.29. The number of carbonyl (C=O) groups is 3. The van der Waals surface area contributed by atoms with Gasteiger partial charge in [-0.1, -0.05) is 197 Å². The van der Waals surface area contributed by atoms with Crippen molar-refractivity contribution in [1.82, 2.24) is 36.8 Å². The van der Waals surface area contributed by atoms with Gasteiger partial charge >= 0.3 is 29.5 Å². The number of hydrogen-bond acceptors (Lipinski definition) is 17. The minimum absolute atomic E-state index is 0.195. The standard InChI is InChI=1S/C87H123N7O9.C6H3N3O7/c1-82(2,3)67-43-55-37-61-49-70(85(10,11)12)51-63-39-57-45-68(83(4,5)6)47-59(74(57)99-20)41-65-53-72(87(16,17)18)54-66-42-60-48-69(84(7,8)9)46-58(75(60)100-21)40-64-52-71(86(13,14)15)50-62(38-56(44-67)73(55)98-19)77(64)102-35-29-92-80(96)89-26-23-32-94(31-22-25-88-79(95)91-28-34-101-76(61)63)33-24-27-90-81(97)93-30-36-103-78(65)66;10-6-4(8(13)14)1-3(7(11)12)2-5(6)9(15)16/h43-54H,22-42H2,1-21H3,(H2,88,91,95)(H2,89,92,96)(H2,90,93,97);1-2,10H. The number of methoxy groups -OCH3 is 3. The van der Waals surface area contributed by atoms with E-state index in [1.165, 1.54) is 0 Å². The number of nitro benzene ring substituents is 3. The van der Waals surface area contributed by atoms with Crippen molar-refractivity contribution in [2.45, 2.75) is 215 Å². The third-order valence-corrected chi connectivity index (χ3v) is 21.9. The van der Waals surface area contributed by atoms with Gasteiger partial charge in [-0.25, -0.2) is 14.4 Å². The highest BCUT2D eigenvalue weighted by atomic mass is 16.6. The van der Waals surface area contributed by atoms with Gasteiger partial charge in [-0.3, -0.25) is 30.3 Å². The lowest BCUT2D eigenvalue weighted by molar-refractivity contribution is -0.404. The molecule has 0 unspecified atom stereocenters. The van der Waals surface area contributed by atoms with Crippen LogP contribution in [0.2, 0.25) is 0 Å². The number of benzene rings is 7. The Morgan fingerprint density at radius 2 is 0.529 bits per heavy atom. The number of phenols is 1. The first kappa shape index (κ1) is 92.0. The Morgan fingerprint density at radius 1 is 0.328 bits per heavy atom. The highest BCUT2D eigenvalue weighted by Crippen LogP contribution is 2.47. The fourth-order valence-corrected chi connectivity index (χ4v) is 15.2. The molecule has 0 fully saturated rings. The smallest absolute Gasteiger partial charge is 0.324 e. The molecule has 119 heavy (non-hydrogen) atoms. The van der Waals surface area contributed by atoms with E-state index in [9.17, 15) is 44.7 Å². The SMILES string of the molecule is COc1c2cc(C(C)(C)C)cc1Cc1cc(C(C)(C)C)cc3c1OCCNC(=O)NCCCN1CCCNC(=O)NCCOc4c(cc(C(C)(C)C)cc4Cc4cc(C(C)(C)C)cc(c4OC)Cc4cc(C(C)(C)C)cc(c4OCCNC(=O)NCCC1)Cc1cc(C(C)(C)C)cc(c1OC)C3)C2.O=[N+]([O-])c1cc([N+](=O)[O-])c(O)c([N+](=O)[O-])c1. The average molecular weight is 1640 g/mol. The average Bonchev–Trinajstić information content (AvgIpc) is 0.763. The van der Waals surface area contributed by atoms with Crippen LogP contribution < -0.4 is 60.3 Å². The predicted octanol–water partition coefficient (Wildman–Crippen LogP) is 17.0. The molecular formula is C93H126N10O16. The Balaban J connectivity index is 0.000000901. The van der Waals surface area contributed by atoms with E-state index in [2.05, 4.69) is 234 Å². The second-order valence-corrected chi connectivity index (χ2v) is 37.5. The van der Waals surface area contributed by atoms with Crippen LogP contribution >= 0.6 is 0 Å². The van der Waals surface area contributed by atoms with Crippen molar-refractivity contribution < 1.29 is 62.7 Å². The number of rotatable bonds is 6. The van der Waals surface area contributed by atoms with Crippen molar-refractivity contribution in [1.29, 1.82) is 0 Å². The zero-order valence-corrected chi connectivity index (χ0v) is 73.8. The van der Waals surface area contributed by atoms with E-state index in [1.54, 1.807) is 21.3 Å². The van der Waals surface area contributed by atoms with Crippen molar-refractivity contribution in [3.8, 4) is 40.2 Å². The van der Waals surface area contributed by atoms with Crippen LogP contribution in [0.1, 0.15) is 244 Å². The van der Waals surface area contributed by atoms with Crippen molar-refractivity contribution in [3.63, 3.8) is 0 Å². The molecule has 0 radical (unpaired) electrons. The molecule has 7 N–H and O–H groups in total. The zero-order valence-electron chi connectivity index (χ0n) is 73.8. The van der Waals surface area contributed by atoms with Gasteiger partial charge in [-0.15, -0.1) is 0 Å². The lowest BCUT2D eigenvalue weighted by atomic mass is 9.79. The third kappa shape index (κ3) is 24.2. The van der Waals surface area contributed by atoms with E-state index in [-0.39, 0.29) is 90.0 Å². The maximum Gasteiger partial charge on any atom is 0.324 e. The Bertz CT molecular complexity index is 4290. The van der Waals surface area contributed by atoms with E-state index in [4.69, 9.17) is 33.5 Å². The van der Waals surface area contributed by atoms with Crippen LogP contribution in [0.5, 0.6) is 40.2 Å². The van der Waals surface area contributed by atoms with E-state index < -0.39 is 37.6 Å².